The average molecular weight is 232 g/mol. The molecule has 2 aromatic rings. The van der Waals surface area contributed by atoms with Gasteiger partial charge in [-0.15, -0.1) is 11.3 Å². The van der Waals surface area contributed by atoms with Gasteiger partial charge in [-0.2, -0.15) is 0 Å². The first-order chi connectivity index (χ1) is 7.84. The van der Waals surface area contributed by atoms with Gasteiger partial charge in [0, 0.05) is 18.0 Å². The summed E-state index contributed by atoms with van der Waals surface area (Å²) in [4.78, 5) is 16.3. The smallest absolute Gasteiger partial charge is 0.159 e. The minimum Gasteiger partial charge on any atom is -0.378 e. The second kappa shape index (κ2) is 3.99. The lowest BCUT2D eigenvalue weighted by Crippen LogP contribution is -2.37. The molecular weight excluding hydrogens is 223 g/mol. The minimum atomic E-state index is 0.532. The molecule has 1 aliphatic rings. The van der Waals surface area contributed by atoms with Gasteiger partial charge in [-0.3, -0.25) is 0 Å². The Kier molecular flexibility index (Phi) is 2.49. The maximum Gasteiger partial charge on any atom is 0.159 e. The molecular formula is C9H9BN4OS. The van der Waals surface area contributed by atoms with E-state index < -0.39 is 0 Å². The molecule has 0 amide bonds. The molecule has 1 saturated heterocycles. The number of hydrogen-bond donors (Lipinski definition) is 0. The van der Waals surface area contributed by atoms with Gasteiger partial charge in [-0.05, 0) is 0 Å². The highest BCUT2D eigenvalue weighted by Crippen LogP contribution is 2.23. The molecule has 0 atom stereocenters. The summed E-state index contributed by atoms with van der Waals surface area (Å²) < 4.78 is 5.31. The second-order valence-corrected chi connectivity index (χ2v) is 4.51. The van der Waals surface area contributed by atoms with Gasteiger partial charge in [-0.25, -0.2) is 15.0 Å². The van der Waals surface area contributed by atoms with Crippen molar-refractivity contribution in [1.29, 1.82) is 0 Å². The number of nitrogens with zero attached hydrogens (tertiary/aromatic N) is 4. The Hall–Kier alpha value is -1.21. The Morgan fingerprint density at radius 3 is 2.94 bits per heavy atom. The summed E-state index contributed by atoms with van der Waals surface area (Å²) in [6.07, 6.45) is 1.56. The van der Waals surface area contributed by atoms with Gasteiger partial charge in [0.25, 0.3) is 0 Å². The zero-order valence-electron chi connectivity index (χ0n) is 8.59. The average Bonchev–Trinajstić information content (AvgIpc) is 2.70. The Morgan fingerprint density at radius 2 is 2.12 bits per heavy atom. The Bertz CT molecular complexity index is 511. The van der Waals surface area contributed by atoms with Gasteiger partial charge in [0.2, 0.25) is 0 Å². The number of aromatic nitrogens is 3. The summed E-state index contributed by atoms with van der Waals surface area (Å²) in [5, 5.41) is 0. The molecule has 80 valence electrons. The van der Waals surface area contributed by atoms with Gasteiger partial charge in [0.1, 0.15) is 16.7 Å². The van der Waals surface area contributed by atoms with E-state index >= 15 is 0 Å². The quantitative estimate of drug-likeness (QED) is 0.633. The molecule has 2 aromatic heterocycles. The Labute approximate surface area is 97.9 Å². The lowest BCUT2D eigenvalue weighted by molar-refractivity contribution is 0.122. The summed E-state index contributed by atoms with van der Waals surface area (Å²) in [7, 11) is 5.69. The number of anilines is 1. The number of morpholine rings is 1. The zero-order valence-corrected chi connectivity index (χ0v) is 9.40. The monoisotopic (exact) mass is 232 g/mol. The fourth-order valence-corrected chi connectivity index (χ4v) is 2.43. The molecule has 5 nitrogen and oxygen atoms in total. The van der Waals surface area contributed by atoms with E-state index in [0.29, 0.717) is 4.91 Å². The summed E-state index contributed by atoms with van der Waals surface area (Å²) in [6, 6.07) is 0. The van der Waals surface area contributed by atoms with Crippen LogP contribution in [-0.4, -0.2) is 49.1 Å². The van der Waals surface area contributed by atoms with E-state index in [1.165, 1.54) is 11.3 Å². The highest BCUT2D eigenvalue weighted by Gasteiger charge is 2.17. The molecule has 2 radical (unpaired) electrons. The number of rotatable bonds is 1. The first-order valence-electron chi connectivity index (χ1n) is 5.04. The summed E-state index contributed by atoms with van der Waals surface area (Å²) in [5.74, 6) is 0.862. The van der Waals surface area contributed by atoms with E-state index in [2.05, 4.69) is 19.9 Å². The Morgan fingerprint density at radius 1 is 1.31 bits per heavy atom. The summed E-state index contributed by atoms with van der Waals surface area (Å²) in [6.45, 7) is 3.13. The highest BCUT2D eigenvalue weighted by molar-refractivity contribution is 7.25. The van der Waals surface area contributed by atoms with E-state index in [9.17, 15) is 0 Å². The molecule has 3 heterocycles. The van der Waals surface area contributed by atoms with Crippen LogP contribution < -0.4 is 9.81 Å². The number of fused-ring (bicyclic) bond motifs is 1. The lowest BCUT2D eigenvalue weighted by Gasteiger charge is -2.27. The van der Waals surface area contributed by atoms with E-state index in [1.54, 1.807) is 6.33 Å². The number of ether oxygens (including phenoxy) is 1. The van der Waals surface area contributed by atoms with Crippen molar-refractivity contribution >= 4 is 40.3 Å². The van der Waals surface area contributed by atoms with Crippen LogP contribution in [0.2, 0.25) is 0 Å². The predicted octanol–water partition coefficient (Wildman–Crippen LogP) is -0.283. The summed E-state index contributed by atoms with van der Waals surface area (Å²) >= 11 is 1.39. The van der Waals surface area contributed by atoms with E-state index in [4.69, 9.17) is 12.6 Å². The molecule has 0 saturated carbocycles. The van der Waals surface area contributed by atoms with Crippen LogP contribution in [0.5, 0.6) is 0 Å². The molecule has 16 heavy (non-hydrogen) atoms. The molecule has 1 aliphatic heterocycles. The van der Waals surface area contributed by atoms with Crippen molar-refractivity contribution < 1.29 is 4.74 Å². The van der Waals surface area contributed by atoms with Crippen molar-refractivity contribution in [3.05, 3.63) is 6.33 Å². The standard InChI is InChI=1S/C9H9BN4OS/c10-9-13-6-7(11-5-12-8(6)16-9)14-1-3-15-4-2-14/h5H,1-4H2. The van der Waals surface area contributed by atoms with E-state index in [-0.39, 0.29) is 0 Å². The fraction of sp³-hybridized carbons (Fsp3) is 0.444. The first kappa shape index (κ1) is 9.98. The third-order valence-corrected chi connectivity index (χ3v) is 3.30. The molecule has 0 unspecified atom stereocenters. The van der Waals surface area contributed by atoms with Crippen molar-refractivity contribution in [2.75, 3.05) is 31.2 Å². The van der Waals surface area contributed by atoms with Gasteiger partial charge in [-0.1, -0.05) is 0 Å². The second-order valence-electron chi connectivity index (χ2n) is 3.50. The summed E-state index contributed by atoms with van der Waals surface area (Å²) in [5.41, 5.74) is 0.798. The fourth-order valence-electron chi connectivity index (χ4n) is 1.77. The normalized spacial score (nSPS) is 16.9. The Balaban J connectivity index is 2.07. The molecule has 0 N–H and O–H groups in total. The molecule has 1 fully saturated rings. The van der Waals surface area contributed by atoms with Crippen LogP contribution in [0.4, 0.5) is 5.82 Å². The van der Waals surface area contributed by atoms with Crippen LogP contribution in [0.15, 0.2) is 6.33 Å². The van der Waals surface area contributed by atoms with Crippen LogP contribution in [0.25, 0.3) is 10.3 Å². The van der Waals surface area contributed by atoms with Crippen LogP contribution in [0, 0.1) is 0 Å². The molecule has 0 spiro atoms. The van der Waals surface area contributed by atoms with Gasteiger partial charge < -0.3 is 9.64 Å². The van der Waals surface area contributed by atoms with E-state index in [0.717, 1.165) is 42.5 Å². The van der Waals surface area contributed by atoms with Crippen LogP contribution in [-0.2, 0) is 4.74 Å². The van der Waals surface area contributed by atoms with Crippen LogP contribution in [0.3, 0.4) is 0 Å². The highest BCUT2D eigenvalue weighted by atomic mass is 32.1. The first-order valence-corrected chi connectivity index (χ1v) is 5.86. The molecule has 0 bridgehead atoms. The van der Waals surface area contributed by atoms with Crippen LogP contribution >= 0.6 is 11.3 Å². The van der Waals surface area contributed by atoms with Crippen molar-refractivity contribution in [3.8, 4) is 0 Å². The van der Waals surface area contributed by atoms with Crippen LogP contribution in [0.1, 0.15) is 0 Å². The van der Waals surface area contributed by atoms with Crippen molar-refractivity contribution in [2.24, 2.45) is 0 Å². The lowest BCUT2D eigenvalue weighted by atomic mass is 10.2. The predicted molar refractivity (Wildman–Crippen MR) is 63.6 cm³/mol. The largest absolute Gasteiger partial charge is 0.378 e. The van der Waals surface area contributed by atoms with Crippen molar-refractivity contribution in [2.45, 2.75) is 0 Å². The third kappa shape index (κ3) is 1.66. The third-order valence-electron chi connectivity index (χ3n) is 2.50. The number of hydrogen-bond acceptors (Lipinski definition) is 6. The maximum absolute atomic E-state index is 5.69. The zero-order chi connectivity index (χ0) is 11.0. The van der Waals surface area contributed by atoms with Crippen molar-refractivity contribution in [3.63, 3.8) is 0 Å². The molecule has 7 heteroatoms. The minimum absolute atomic E-state index is 0.532. The molecule has 0 aromatic carbocycles. The van der Waals surface area contributed by atoms with Gasteiger partial charge in [0.05, 0.1) is 13.2 Å². The SMILES string of the molecule is [B]c1nc2c(N3CCOCC3)ncnc2s1. The van der Waals surface area contributed by atoms with E-state index in [1.807, 2.05) is 0 Å². The maximum atomic E-state index is 5.69. The molecule has 3 rings (SSSR count). The number of thiazole rings is 1. The topological polar surface area (TPSA) is 51.1 Å². The molecule has 0 aliphatic carbocycles. The van der Waals surface area contributed by atoms with Gasteiger partial charge >= 0.3 is 0 Å². The van der Waals surface area contributed by atoms with Crippen molar-refractivity contribution in [1.82, 2.24) is 15.0 Å². The van der Waals surface area contributed by atoms with Gasteiger partial charge in [0.15, 0.2) is 13.7 Å².